The summed E-state index contributed by atoms with van der Waals surface area (Å²) in [6, 6.07) is 4.72. The second-order valence-electron chi connectivity index (χ2n) is 3.52. The number of hydrogen-bond acceptors (Lipinski definition) is 3. The largest absolute Gasteiger partial charge is 0.291 e. The lowest BCUT2D eigenvalue weighted by molar-refractivity contribution is 0.0983. The molecule has 16 heavy (non-hydrogen) atoms. The molecule has 0 heterocycles. The second-order valence-corrected chi connectivity index (χ2v) is 8.00. The third kappa shape index (κ3) is 2.49. The maximum Gasteiger partial charge on any atom is 0.194 e. The van der Waals surface area contributed by atoms with Crippen LogP contribution in [0, 0.1) is 5.82 Å². The zero-order chi connectivity index (χ0) is 12.6. The average Bonchev–Trinajstić information content (AvgIpc) is 2.16. The summed E-state index contributed by atoms with van der Waals surface area (Å²) in [7, 11) is -3.59. The summed E-state index contributed by atoms with van der Waals surface area (Å²) in [6.45, 7) is 1.26. The molecular weight excluding hydrogens is 299 g/mol. The van der Waals surface area contributed by atoms with Crippen molar-refractivity contribution in [3.8, 4) is 0 Å². The molecule has 0 saturated carbocycles. The van der Waals surface area contributed by atoms with Gasteiger partial charge in [-0.1, -0.05) is 15.9 Å². The number of benzene rings is 1. The maximum absolute atomic E-state index is 12.6. The van der Waals surface area contributed by atoms with Gasteiger partial charge in [-0.2, -0.15) is 0 Å². The van der Waals surface area contributed by atoms with Crippen LogP contribution in [-0.4, -0.2) is 24.1 Å². The predicted molar refractivity (Wildman–Crippen MR) is 62.9 cm³/mol. The molecule has 0 bridgehead atoms. The Morgan fingerprint density at radius 1 is 1.31 bits per heavy atom. The molecule has 0 spiro atoms. The van der Waals surface area contributed by atoms with Crippen LogP contribution < -0.4 is 0 Å². The van der Waals surface area contributed by atoms with Gasteiger partial charge in [-0.3, -0.25) is 4.79 Å². The molecule has 6 heteroatoms. The van der Waals surface area contributed by atoms with Crippen LogP contribution in [0.25, 0.3) is 0 Å². The zero-order valence-corrected chi connectivity index (χ0v) is 11.1. The molecule has 1 aromatic rings. The number of carbonyl (C=O) groups is 1. The third-order valence-electron chi connectivity index (χ3n) is 2.21. The Labute approximate surface area is 102 Å². The summed E-state index contributed by atoms with van der Waals surface area (Å²) in [4.78, 5) is 11.9. The molecule has 0 aliphatic carbocycles. The highest BCUT2D eigenvalue weighted by atomic mass is 79.9. The van der Waals surface area contributed by atoms with Crippen LogP contribution in [0.15, 0.2) is 24.3 Å². The number of sulfone groups is 1. The maximum atomic E-state index is 12.6. The SMILES string of the molecule is C[C@@](Br)(C(=O)c1ccc(F)cc1)S(C)(=O)=O. The van der Waals surface area contributed by atoms with Crippen molar-refractivity contribution >= 4 is 31.6 Å². The smallest absolute Gasteiger partial charge is 0.194 e. The Bertz CT molecular complexity index is 505. The van der Waals surface area contributed by atoms with E-state index < -0.39 is 25.1 Å². The van der Waals surface area contributed by atoms with Crippen molar-refractivity contribution in [3.05, 3.63) is 35.6 Å². The predicted octanol–water partition coefficient (Wildman–Crippen LogP) is 2.16. The van der Waals surface area contributed by atoms with Crippen LogP contribution >= 0.6 is 15.9 Å². The highest BCUT2D eigenvalue weighted by molar-refractivity contribution is 9.12. The lowest BCUT2D eigenvalue weighted by atomic mass is 10.1. The highest BCUT2D eigenvalue weighted by Crippen LogP contribution is 2.28. The van der Waals surface area contributed by atoms with Crippen LogP contribution in [-0.2, 0) is 9.84 Å². The number of ketones is 1. The standard InChI is InChI=1S/C10H10BrFO3S/c1-10(11,16(2,14)15)9(13)7-3-5-8(12)6-4-7/h3-6H,1-2H3/t10-/m0/s1. The molecule has 3 nitrogen and oxygen atoms in total. The van der Waals surface area contributed by atoms with Gasteiger partial charge in [0.1, 0.15) is 5.82 Å². The Kier molecular flexibility index (Phi) is 3.54. The van der Waals surface area contributed by atoms with Crippen LogP contribution in [0.3, 0.4) is 0 Å². The van der Waals surface area contributed by atoms with Crippen LogP contribution in [0.2, 0.25) is 0 Å². The van der Waals surface area contributed by atoms with Gasteiger partial charge in [0.2, 0.25) is 0 Å². The zero-order valence-electron chi connectivity index (χ0n) is 8.70. The van der Waals surface area contributed by atoms with E-state index in [1.54, 1.807) is 0 Å². The topological polar surface area (TPSA) is 51.2 Å². The van der Waals surface area contributed by atoms with Crippen molar-refractivity contribution in [2.45, 2.75) is 10.6 Å². The number of halogens is 2. The van der Waals surface area contributed by atoms with Gasteiger partial charge in [-0.15, -0.1) is 0 Å². The molecule has 0 aromatic heterocycles. The number of carbonyl (C=O) groups excluding carboxylic acids is 1. The monoisotopic (exact) mass is 308 g/mol. The molecule has 88 valence electrons. The van der Waals surface area contributed by atoms with Gasteiger partial charge in [0.05, 0.1) is 0 Å². The fourth-order valence-electron chi connectivity index (χ4n) is 1.03. The summed E-state index contributed by atoms with van der Waals surface area (Å²) in [5, 5.41) is 0. The van der Waals surface area contributed by atoms with E-state index in [4.69, 9.17) is 0 Å². The van der Waals surface area contributed by atoms with Crippen LogP contribution in [0.5, 0.6) is 0 Å². The van der Waals surface area contributed by atoms with E-state index >= 15 is 0 Å². The van der Waals surface area contributed by atoms with Crippen molar-refractivity contribution in [1.29, 1.82) is 0 Å². The van der Waals surface area contributed by atoms with E-state index in [2.05, 4.69) is 15.9 Å². The van der Waals surface area contributed by atoms with Crippen LogP contribution in [0.1, 0.15) is 17.3 Å². The van der Waals surface area contributed by atoms with Crippen molar-refractivity contribution in [3.63, 3.8) is 0 Å². The number of Topliss-reactive ketones (excluding diaryl/α,β-unsaturated/α-hetero) is 1. The number of rotatable bonds is 3. The van der Waals surface area contributed by atoms with Gasteiger partial charge < -0.3 is 0 Å². The van der Waals surface area contributed by atoms with Crippen molar-refractivity contribution < 1.29 is 17.6 Å². The molecule has 0 aliphatic heterocycles. The molecule has 1 atom stereocenters. The molecule has 0 N–H and O–H groups in total. The van der Waals surface area contributed by atoms with E-state index in [1.807, 2.05) is 0 Å². The molecule has 0 aliphatic rings. The average molecular weight is 309 g/mol. The Morgan fingerprint density at radius 3 is 2.12 bits per heavy atom. The summed E-state index contributed by atoms with van der Waals surface area (Å²) >= 11 is 2.89. The fourth-order valence-corrected chi connectivity index (χ4v) is 1.71. The van der Waals surface area contributed by atoms with Crippen molar-refractivity contribution in [2.24, 2.45) is 0 Å². The minimum absolute atomic E-state index is 0.145. The van der Waals surface area contributed by atoms with Gasteiger partial charge in [-0.25, -0.2) is 12.8 Å². The first-order valence-electron chi connectivity index (χ1n) is 4.35. The summed E-state index contributed by atoms with van der Waals surface area (Å²) in [5.41, 5.74) is 0.145. The normalized spacial score (nSPS) is 15.5. The van der Waals surface area contributed by atoms with Gasteiger partial charge in [-0.05, 0) is 31.2 Å². The Morgan fingerprint density at radius 2 is 1.75 bits per heavy atom. The first-order valence-corrected chi connectivity index (χ1v) is 7.03. The summed E-state index contributed by atoms with van der Waals surface area (Å²) < 4.78 is 33.7. The molecule has 0 amide bonds. The summed E-state index contributed by atoms with van der Waals surface area (Å²) in [5.74, 6) is -1.10. The molecule has 1 aromatic carbocycles. The van der Waals surface area contributed by atoms with E-state index in [9.17, 15) is 17.6 Å². The van der Waals surface area contributed by atoms with Gasteiger partial charge >= 0.3 is 0 Å². The van der Waals surface area contributed by atoms with Gasteiger partial charge in [0, 0.05) is 11.8 Å². The molecule has 0 fully saturated rings. The lowest BCUT2D eigenvalue weighted by Gasteiger charge is -2.18. The first kappa shape index (κ1) is 13.3. The summed E-state index contributed by atoms with van der Waals surface area (Å²) in [6.07, 6.45) is 0.961. The molecule has 0 radical (unpaired) electrons. The molecule has 1 rings (SSSR count). The molecular formula is C10H10BrFO3S. The van der Waals surface area contributed by atoms with Crippen molar-refractivity contribution in [2.75, 3.05) is 6.26 Å². The van der Waals surface area contributed by atoms with Crippen molar-refractivity contribution in [1.82, 2.24) is 0 Å². The minimum Gasteiger partial charge on any atom is -0.291 e. The van der Waals surface area contributed by atoms with E-state index in [0.29, 0.717) is 0 Å². The number of alkyl halides is 1. The Balaban J connectivity index is 3.18. The first-order chi connectivity index (χ1) is 7.16. The molecule has 0 unspecified atom stereocenters. The minimum atomic E-state index is -3.59. The Hall–Kier alpha value is -0.750. The van der Waals surface area contributed by atoms with Gasteiger partial charge in [0.25, 0.3) is 0 Å². The fraction of sp³-hybridized carbons (Fsp3) is 0.300. The van der Waals surface area contributed by atoms with Crippen LogP contribution in [0.4, 0.5) is 4.39 Å². The van der Waals surface area contributed by atoms with E-state index in [1.165, 1.54) is 19.1 Å². The number of hydrogen-bond donors (Lipinski definition) is 0. The molecule has 0 saturated heterocycles. The lowest BCUT2D eigenvalue weighted by Crippen LogP contribution is -2.36. The van der Waals surface area contributed by atoms with Gasteiger partial charge in [0.15, 0.2) is 19.3 Å². The second kappa shape index (κ2) is 4.25. The highest BCUT2D eigenvalue weighted by Gasteiger charge is 2.41. The third-order valence-corrected chi connectivity index (χ3v) is 5.91. The van der Waals surface area contributed by atoms with E-state index in [-0.39, 0.29) is 5.56 Å². The quantitative estimate of drug-likeness (QED) is 0.635. The van der Waals surface area contributed by atoms with E-state index in [0.717, 1.165) is 18.4 Å².